The van der Waals surface area contributed by atoms with Crippen LogP contribution in [-0.4, -0.2) is 75.5 Å². The molecule has 0 bridgehead atoms. The van der Waals surface area contributed by atoms with Gasteiger partial charge in [0.2, 0.25) is 0 Å². The average Bonchev–Trinajstić information content (AvgIpc) is 3.33. The summed E-state index contributed by atoms with van der Waals surface area (Å²) in [7, 11) is 3.18. The molecule has 1 heterocycles. The van der Waals surface area contributed by atoms with Crippen LogP contribution in [0.4, 0.5) is 0 Å². The molecule has 4 atom stereocenters. The Balaban J connectivity index is 1.64. The van der Waals surface area contributed by atoms with Crippen LogP contribution in [0.1, 0.15) is 38.8 Å². The number of ether oxygens (including phenoxy) is 7. The SMILES string of the molecule is C\C=C(/C=C\C=N\[C@@H]1O[C@H](COC(C)=O)[C@@H](OC(C)=O)[C@H]1OC(C)=O)C(=O)Oc1ccc(/C=C/c2cc(OC)cc(OC)c2)cc1. The molecule has 0 saturated carbocycles. The van der Waals surface area contributed by atoms with Gasteiger partial charge in [0.05, 0.1) is 19.8 Å². The molecule has 2 aromatic carbocycles. The molecule has 0 radical (unpaired) electrons. The molecule has 1 aliphatic heterocycles. The summed E-state index contributed by atoms with van der Waals surface area (Å²) >= 11 is 0. The third-order valence-electron chi connectivity index (χ3n) is 6.41. The van der Waals surface area contributed by atoms with Crippen LogP contribution >= 0.6 is 0 Å². The van der Waals surface area contributed by atoms with Crippen LogP contribution in [0.2, 0.25) is 0 Å². The van der Waals surface area contributed by atoms with Crippen molar-refractivity contribution in [3.63, 3.8) is 0 Å². The van der Waals surface area contributed by atoms with Gasteiger partial charge in [-0.1, -0.05) is 30.4 Å². The van der Waals surface area contributed by atoms with E-state index < -0.39 is 48.4 Å². The van der Waals surface area contributed by atoms with Gasteiger partial charge in [-0.15, -0.1) is 0 Å². The largest absolute Gasteiger partial charge is 0.497 e. The summed E-state index contributed by atoms with van der Waals surface area (Å²) < 4.78 is 37.5. The Morgan fingerprint density at radius 2 is 1.41 bits per heavy atom. The van der Waals surface area contributed by atoms with E-state index in [0.717, 1.165) is 11.1 Å². The van der Waals surface area contributed by atoms with Gasteiger partial charge in [0.25, 0.3) is 0 Å². The minimum absolute atomic E-state index is 0.240. The maximum absolute atomic E-state index is 12.8. The van der Waals surface area contributed by atoms with Crippen LogP contribution in [0.25, 0.3) is 12.2 Å². The lowest BCUT2D eigenvalue weighted by Crippen LogP contribution is -2.41. The Kier molecular flexibility index (Phi) is 13.3. The van der Waals surface area contributed by atoms with E-state index in [1.165, 1.54) is 39.1 Å². The summed E-state index contributed by atoms with van der Waals surface area (Å²) in [6, 6.07) is 12.5. The quantitative estimate of drug-likeness (QED) is 0.0583. The third kappa shape index (κ3) is 10.7. The summed E-state index contributed by atoms with van der Waals surface area (Å²) in [5.41, 5.74) is 2.03. The molecule has 1 saturated heterocycles. The molecule has 2 aromatic rings. The molecule has 3 rings (SSSR count). The number of methoxy groups -OCH3 is 2. The molecule has 12 heteroatoms. The van der Waals surface area contributed by atoms with Crippen LogP contribution in [-0.2, 0) is 38.1 Å². The van der Waals surface area contributed by atoms with E-state index in [4.69, 9.17) is 33.2 Å². The molecule has 1 aliphatic rings. The van der Waals surface area contributed by atoms with Gasteiger partial charge in [-0.3, -0.25) is 19.4 Å². The second-order valence-corrected chi connectivity index (χ2v) is 9.85. The van der Waals surface area contributed by atoms with Crippen molar-refractivity contribution in [2.75, 3.05) is 20.8 Å². The van der Waals surface area contributed by atoms with Crippen molar-refractivity contribution in [1.82, 2.24) is 0 Å². The first kappa shape index (κ1) is 35.3. The monoisotopic (exact) mass is 635 g/mol. The Morgan fingerprint density at radius 3 is 1.98 bits per heavy atom. The number of aliphatic imine (C=N–C) groups is 1. The molecule has 46 heavy (non-hydrogen) atoms. The van der Waals surface area contributed by atoms with Crippen molar-refractivity contribution >= 4 is 42.2 Å². The maximum Gasteiger partial charge on any atom is 0.343 e. The molecule has 244 valence electrons. The highest BCUT2D eigenvalue weighted by molar-refractivity contribution is 5.94. The first-order chi connectivity index (χ1) is 22.0. The minimum Gasteiger partial charge on any atom is -0.497 e. The number of allylic oxidation sites excluding steroid dienone is 2. The normalized spacial score (nSPS) is 19.7. The smallest absolute Gasteiger partial charge is 0.343 e. The maximum atomic E-state index is 12.8. The Labute approximate surface area is 267 Å². The molecule has 0 amide bonds. The number of hydrogen-bond donors (Lipinski definition) is 0. The van der Waals surface area contributed by atoms with E-state index in [1.54, 1.807) is 45.4 Å². The van der Waals surface area contributed by atoms with Gasteiger partial charge in [-0.2, -0.15) is 0 Å². The zero-order valence-electron chi connectivity index (χ0n) is 26.5. The van der Waals surface area contributed by atoms with Crippen molar-refractivity contribution in [1.29, 1.82) is 0 Å². The summed E-state index contributed by atoms with van der Waals surface area (Å²) in [5.74, 6) is -0.728. The Morgan fingerprint density at radius 1 is 0.804 bits per heavy atom. The van der Waals surface area contributed by atoms with Gasteiger partial charge < -0.3 is 33.2 Å². The molecule has 0 aliphatic carbocycles. The fourth-order valence-electron chi connectivity index (χ4n) is 4.31. The first-order valence-electron chi connectivity index (χ1n) is 14.3. The van der Waals surface area contributed by atoms with Crippen LogP contribution in [0.15, 0.2) is 71.3 Å². The second kappa shape index (κ2) is 17.3. The van der Waals surface area contributed by atoms with Crippen LogP contribution in [0.3, 0.4) is 0 Å². The van der Waals surface area contributed by atoms with Crippen molar-refractivity contribution in [2.45, 2.75) is 52.2 Å². The summed E-state index contributed by atoms with van der Waals surface area (Å²) in [4.78, 5) is 51.8. The third-order valence-corrected chi connectivity index (χ3v) is 6.41. The molecule has 1 fully saturated rings. The first-order valence-corrected chi connectivity index (χ1v) is 14.3. The lowest BCUT2D eigenvalue weighted by molar-refractivity contribution is -0.165. The van der Waals surface area contributed by atoms with Gasteiger partial charge >= 0.3 is 23.9 Å². The van der Waals surface area contributed by atoms with E-state index in [0.29, 0.717) is 17.2 Å². The summed E-state index contributed by atoms with van der Waals surface area (Å²) in [6.45, 7) is 5.05. The lowest BCUT2D eigenvalue weighted by atomic mass is 10.1. The van der Waals surface area contributed by atoms with Crippen molar-refractivity contribution in [2.24, 2.45) is 4.99 Å². The van der Waals surface area contributed by atoms with E-state index in [2.05, 4.69) is 4.99 Å². The van der Waals surface area contributed by atoms with Crippen LogP contribution < -0.4 is 14.2 Å². The molecule has 0 spiro atoms. The number of nitrogens with zero attached hydrogens (tertiary/aromatic N) is 1. The fourth-order valence-corrected chi connectivity index (χ4v) is 4.31. The fraction of sp³-hybridized carbons (Fsp3) is 0.324. The Hall–Kier alpha value is -5.23. The van der Waals surface area contributed by atoms with Crippen molar-refractivity contribution < 1.29 is 52.3 Å². The molecule has 0 unspecified atom stereocenters. The lowest BCUT2D eigenvalue weighted by Gasteiger charge is -2.22. The number of esters is 4. The number of carbonyl (C=O) groups excluding carboxylic acids is 4. The zero-order valence-corrected chi connectivity index (χ0v) is 26.5. The van der Waals surface area contributed by atoms with Gasteiger partial charge in [0.1, 0.15) is 30.0 Å². The van der Waals surface area contributed by atoms with Gasteiger partial charge in [0, 0.05) is 33.1 Å². The predicted octanol–water partition coefficient (Wildman–Crippen LogP) is 4.50. The highest BCUT2D eigenvalue weighted by Gasteiger charge is 2.49. The molecular formula is C34H37NO11. The van der Waals surface area contributed by atoms with Gasteiger partial charge in [-0.25, -0.2) is 4.79 Å². The van der Waals surface area contributed by atoms with E-state index in [9.17, 15) is 19.2 Å². The number of carbonyl (C=O) groups is 4. The van der Waals surface area contributed by atoms with Gasteiger partial charge in [0.15, 0.2) is 18.4 Å². The average molecular weight is 636 g/mol. The predicted molar refractivity (Wildman–Crippen MR) is 168 cm³/mol. The molecule has 12 nitrogen and oxygen atoms in total. The molecule has 0 N–H and O–H groups in total. The number of hydrogen-bond acceptors (Lipinski definition) is 12. The topological polar surface area (TPSA) is 145 Å². The van der Waals surface area contributed by atoms with E-state index >= 15 is 0 Å². The van der Waals surface area contributed by atoms with E-state index in [-0.39, 0.29) is 12.2 Å². The van der Waals surface area contributed by atoms with Crippen LogP contribution in [0.5, 0.6) is 17.2 Å². The summed E-state index contributed by atoms with van der Waals surface area (Å²) in [6.07, 6.45) is 5.57. The Bertz CT molecular complexity index is 1490. The number of rotatable bonds is 13. The molecular weight excluding hydrogens is 598 g/mol. The summed E-state index contributed by atoms with van der Waals surface area (Å²) in [5, 5.41) is 0. The van der Waals surface area contributed by atoms with Crippen molar-refractivity contribution in [3.8, 4) is 17.2 Å². The van der Waals surface area contributed by atoms with Crippen molar-refractivity contribution in [3.05, 3.63) is 77.4 Å². The second-order valence-electron chi connectivity index (χ2n) is 9.85. The number of benzene rings is 2. The van der Waals surface area contributed by atoms with E-state index in [1.807, 2.05) is 36.4 Å². The highest BCUT2D eigenvalue weighted by Crippen LogP contribution is 2.29. The minimum atomic E-state index is -1.09. The van der Waals surface area contributed by atoms with Gasteiger partial charge in [-0.05, 0) is 54.5 Å². The zero-order chi connectivity index (χ0) is 33.6. The standard InChI is InChI=1S/C34H37NO11/c1-7-26(9-8-16-35-33-32(44-23(4)38)31(43-22(3)37)30(46-33)20-42-21(2)36)34(39)45-27-14-12-24(13-15-27)10-11-25-17-28(40-5)19-29(18-25)41-6/h7-19,30-33H,20H2,1-6H3/b9-8-,11-10+,26-7+,35-16+/t30-,31-,32-,33-/m1/s1. The molecule has 0 aromatic heterocycles. The van der Waals surface area contributed by atoms with Crippen LogP contribution in [0, 0.1) is 0 Å². The highest BCUT2D eigenvalue weighted by atomic mass is 16.7.